The fourth-order valence-corrected chi connectivity index (χ4v) is 1.75. The molecule has 21 heavy (non-hydrogen) atoms. The molecule has 0 aliphatic carbocycles. The van der Waals surface area contributed by atoms with Crippen LogP contribution in [0.1, 0.15) is 20.8 Å². The van der Waals surface area contributed by atoms with Gasteiger partial charge in [0.05, 0.1) is 31.5 Å². The van der Waals surface area contributed by atoms with E-state index in [1.54, 1.807) is 13.8 Å². The normalized spacial score (nSPS) is 16.0. The first-order valence-electron chi connectivity index (χ1n) is 6.40. The van der Waals surface area contributed by atoms with Crippen LogP contribution in [0.5, 0.6) is 0 Å². The molecule has 0 aliphatic rings. The molecule has 8 nitrogen and oxygen atoms in total. The number of rotatable bonds is 11. The standard InChI is InChI=1S/C12H23O8P/c1-5-12(13)19-7-10(3)17-6-9(2)18-8-11(4)20-21(14,15)16/h5,9-11H,1,6-8H2,2-4H3,(H2,14,15,16). The van der Waals surface area contributed by atoms with Gasteiger partial charge in [-0.1, -0.05) is 6.58 Å². The topological polar surface area (TPSA) is 112 Å². The lowest BCUT2D eigenvalue weighted by molar-refractivity contribution is -0.142. The van der Waals surface area contributed by atoms with E-state index >= 15 is 0 Å². The second kappa shape index (κ2) is 10.0. The van der Waals surface area contributed by atoms with Crippen LogP contribution < -0.4 is 0 Å². The largest absolute Gasteiger partial charge is 0.469 e. The molecule has 0 rings (SSSR count). The van der Waals surface area contributed by atoms with Gasteiger partial charge in [0, 0.05) is 6.08 Å². The van der Waals surface area contributed by atoms with Crippen LogP contribution in [-0.2, 0) is 28.1 Å². The van der Waals surface area contributed by atoms with Gasteiger partial charge in [-0.15, -0.1) is 0 Å². The SMILES string of the molecule is C=CC(=O)OCC(C)OCC(C)OCC(C)OP(=O)(O)O. The third kappa shape index (κ3) is 12.7. The summed E-state index contributed by atoms with van der Waals surface area (Å²) in [5.74, 6) is -0.516. The van der Waals surface area contributed by atoms with Crippen LogP contribution in [0.25, 0.3) is 0 Å². The van der Waals surface area contributed by atoms with E-state index < -0.39 is 19.9 Å². The van der Waals surface area contributed by atoms with E-state index in [1.165, 1.54) is 6.92 Å². The van der Waals surface area contributed by atoms with E-state index in [2.05, 4.69) is 11.1 Å². The van der Waals surface area contributed by atoms with Crippen molar-refractivity contribution in [2.45, 2.75) is 39.1 Å². The molecule has 124 valence electrons. The molecule has 0 aromatic heterocycles. The average molecular weight is 326 g/mol. The highest BCUT2D eigenvalue weighted by Crippen LogP contribution is 2.37. The Labute approximate surface area is 124 Å². The van der Waals surface area contributed by atoms with Crippen LogP contribution >= 0.6 is 7.82 Å². The summed E-state index contributed by atoms with van der Waals surface area (Å²) in [7, 11) is -4.50. The molecule has 0 radical (unpaired) electrons. The maximum absolute atomic E-state index is 10.8. The lowest BCUT2D eigenvalue weighted by atomic mass is 10.4. The van der Waals surface area contributed by atoms with Crippen molar-refractivity contribution in [1.82, 2.24) is 0 Å². The highest BCUT2D eigenvalue weighted by atomic mass is 31.2. The van der Waals surface area contributed by atoms with Crippen LogP contribution in [-0.4, -0.2) is 53.9 Å². The molecule has 0 saturated heterocycles. The number of phosphoric acid groups is 1. The number of hydrogen-bond donors (Lipinski definition) is 2. The van der Waals surface area contributed by atoms with Crippen molar-refractivity contribution >= 4 is 13.8 Å². The van der Waals surface area contributed by atoms with Gasteiger partial charge in [0.1, 0.15) is 6.61 Å². The second-order valence-corrected chi connectivity index (χ2v) is 5.72. The number of carbonyl (C=O) groups excluding carboxylic acids is 1. The summed E-state index contributed by atoms with van der Waals surface area (Å²) < 4.78 is 30.6. The number of esters is 1. The fourth-order valence-electron chi connectivity index (χ4n) is 1.22. The number of ether oxygens (including phenoxy) is 3. The first kappa shape index (κ1) is 20.2. The Hall–Kier alpha value is -0.760. The summed E-state index contributed by atoms with van der Waals surface area (Å²) in [6, 6.07) is 0. The lowest BCUT2D eigenvalue weighted by Crippen LogP contribution is -2.26. The molecular formula is C12H23O8P. The zero-order valence-corrected chi connectivity index (χ0v) is 13.3. The molecule has 0 aliphatic heterocycles. The van der Waals surface area contributed by atoms with E-state index in [0.29, 0.717) is 0 Å². The number of phosphoric ester groups is 1. The Bertz CT molecular complexity index is 366. The molecular weight excluding hydrogens is 303 g/mol. The van der Waals surface area contributed by atoms with Gasteiger partial charge < -0.3 is 24.0 Å². The molecule has 9 heteroatoms. The summed E-state index contributed by atoms with van der Waals surface area (Å²) in [5, 5.41) is 0. The molecule has 0 aromatic rings. The molecule has 3 unspecified atom stereocenters. The van der Waals surface area contributed by atoms with Crippen molar-refractivity contribution in [3.8, 4) is 0 Å². The predicted molar refractivity (Wildman–Crippen MR) is 74.6 cm³/mol. The predicted octanol–water partition coefficient (Wildman–Crippen LogP) is 1.02. The van der Waals surface area contributed by atoms with Crippen LogP contribution in [0.15, 0.2) is 12.7 Å². The van der Waals surface area contributed by atoms with Crippen LogP contribution in [0.3, 0.4) is 0 Å². The highest BCUT2D eigenvalue weighted by Gasteiger charge is 2.19. The summed E-state index contributed by atoms with van der Waals surface area (Å²) in [5.41, 5.74) is 0. The molecule has 0 amide bonds. The minimum Gasteiger partial charge on any atom is -0.460 e. The van der Waals surface area contributed by atoms with Gasteiger partial charge in [0.25, 0.3) is 0 Å². The summed E-state index contributed by atoms with van der Waals surface area (Å²) in [6.45, 7) is 8.62. The molecule has 0 fully saturated rings. The summed E-state index contributed by atoms with van der Waals surface area (Å²) in [4.78, 5) is 28.1. The zero-order chi connectivity index (χ0) is 16.5. The Morgan fingerprint density at radius 2 is 1.57 bits per heavy atom. The van der Waals surface area contributed by atoms with Crippen LogP contribution in [0, 0.1) is 0 Å². The Kier molecular flexibility index (Phi) is 9.68. The summed E-state index contributed by atoms with van der Waals surface area (Å²) >= 11 is 0. The van der Waals surface area contributed by atoms with Gasteiger partial charge in [0.2, 0.25) is 0 Å². The van der Waals surface area contributed by atoms with Gasteiger partial charge in [-0.05, 0) is 20.8 Å². The highest BCUT2D eigenvalue weighted by molar-refractivity contribution is 7.46. The third-order valence-corrected chi connectivity index (χ3v) is 2.81. The maximum Gasteiger partial charge on any atom is 0.469 e. The molecule has 3 atom stereocenters. The zero-order valence-electron chi connectivity index (χ0n) is 12.4. The minimum absolute atomic E-state index is 0.0233. The Balaban J connectivity index is 3.79. The van der Waals surface area contributed by atoms with E-state index in [0.717, 1.165) is 6.08 Å². The van der Waals surface area contributed by atoms with Crippen LogP contribution in [0.4, 0.5) is 0 Å². The Morgan fingerprint density at radius 3 is 2.05 bits per heavy atom. The number of hydrogen-bond acceptors (Lipinski definition) is 6. The second-order valence-electron chi connectivity index (χ2n) is 4.53. The first-order chi connectivity index (χ1) is 9.64. The van der Waals surface area contributed by atoms with Crippen molar-refractivity contribution in [1.29, 1.82) is 0 Å². The van der Waals surface area contributed by atoms with Crippen molar-refractivity contribution in [2.24, 2.45) is 0 Å². The molecule has 0 spiro atoms. The van der Waals surface area contributed by atoms with Crippen molar-refractivity contribution in [2.75, 3.05) is 19.8 Å². The van der Waals surface area contributed by atoms with Crippen molar-refractivity contribution in [3.63, 3.8) is 0 Å². The van der Waals surface area contributed by atoms with Gasteiger partial charge in [0.15, 0.2) is 0 Å². The van der Waals surface area contributed by atoms with Gasteiger partial charge in [-0.3, -0.25) is 4.52 Å². The van der Waals surface area contributed by atoms with Crippen molar-refractivity contribution < 1.29 is 37.9 Å². The first-order valence-corrected chi connectivity index (χ1v) is 7.93. The molecule has 0 heterocycles. The fraction of sp³-hybridized carbons (Fsp3) is 0.750. The smallest absolute Gasteiger partial charge is 0.460 e. The van der Waals surface area contributed by atoms with Gasteiger partial charge >= 0.3 is 13.8 Å². The molecule has 0 saturated carbocycles. The van der Waals surface area contributed by atoms with E-state index in [-0.39, 0.29) is 32.0 Å². The minimum atomic E-state index is -4.50. The molecule has 0 bridgehead atoms. The van der Waals surface area contributed by atoms with E-state index in [9.17, 15) is 9.36 Å². The summed E-state index contributed by atoms with van der Waals surface area (Å²) in [6.07, 6.45) is -0.269. The van der Waals surface area contributed by atoms with E-state index in [1.807, 2.05) is 0 Å². The quantitative estimate of drug-likeness (QED) is 0.329. The van der Waals surface area contributed by atoms with Crippen LogP contribution in [0.2, 0.25) is 0 Å². The van der Waals surface area contributed by atoms with Gasteiger partial charge in [-0.25, -0.2) is 9.36 Å². The van der Waals surface area contributed by atoms with Crippen molar-refractivity contribution in [3.05, 3.63) is 12.7 Å². The monoisotopic (exact) mass is 326 g/mol. The van der Waals surface area contributed by atoms with Gasteiger partial charge in [-0.2, -0.15) is 0 Å². The molecule has 2 N–H and O–H groups in total. The number of carbonyl (C=O) groups is 1. The third-order valence-electron chi connectivity index (χ3n) is 2.18. The van der Waals surface area contributed by atoms with E-state index in [4.69, 9.17) is 24.0 Å². The lowest BCUT2D eigenvalue weighted by Gasteiger charge is -2.19. The molecule has 0 aromatic carbocycles. The maximum atomic E-state index is 10.8. The Morgan fingerprint density at radius 1 is 1.10 bits per heavy atom. The average Bonchev–Trinajstić information content (AvgIpc) is 2.38.